The number of hydrogen-bond donors (Lipinski definition) is 1. The van der Waals surface area contributed by atoms with Gasteiger partial charge < -0.3 is 0 Å². The van der Waals surface area contributed by atoms with Crippen molar-refractivity contribution in [1.29, 1.82) is 5.41 Å². The van der Waals surface area contributed by atoms with E-state index in [1.54, 1.807) is 0 Å². The van der Waals surface area contributed by atoms with E-state index in [2.05, 4.69) is 54.6 Å². The van der Waals surface area contributed by atoms with Crippen LogP contribution in [0, 0.1) is 11.3 Å². The molecule has 1 aliphatic carbocycles. The number of allylic oxidation sites excluding steroid dienone is 1. The second-order valence-electron chi connectivity index (χ2n) is 6.77. The first kappa shape index (κ1) is 20.1. The Kier molecular flexibility index (Phi) is 6.76. The van der Waals surface area contributed by atoms with Crippen LogP contribution in [-0.4, -0.2) is 22.1 Å². The summed E-state index contributed by atoms with van der Waals surface area (Å²) in [6, 6.07) is 21.2. The highest BCUT2D eigenvalue weighted by Crippen LogP contribution is 2.44. The maximum absolute atomic E-state index is 8.41. The number of rotatable bonds is 2. The molecule has 0 bridgehead atoms. The van der Waals surface area contributed by atoms with Gasteiger partial charge in [0.2, 0.25) is 0 Å². The van der Waals surface area contributed by atoms with Crippen LogP contribution in [0.3, 0.4) is 0 Å². The van der Waals surface area contributed by atoms with Crippen molar-refractivity contribution in [3.8, 4) is 0 Å². The molecule has 0 radical (unpaired) electrons. The standard InChI is InChI=1S/C22H23N3S.HI/c1-26-22(23)25-21(17-11-6-3-7-12-17)19-14-8-13-18(20(19)24-25)15-16-9-4-2-5-10-16;/h2-7,9-12,15,19,21,23H,8,13-14H2,1H3;1H/b18-15+,23-22?;/t19-,21-;/m1./s1. The molecule has 4 rings (SSSR count). The van der Waals surface area contributed by atoms with Gasteiger partial charge in [-0.3, -0.25) is 5.41 Å². The van der Waals surface area contributed by atoms with Gasteiger partial charge in [0, 0.05) is 5.92 Å². The minimum absolute atomic E-state index is 0. The molecule has 0 spiro atoms. The predicted molar refractivity (Wildman–Crippen MR) is 127 cm³/mol. The number of nitrogens with zero attached hydrogens (tertiary/aromatic N) is 2. The molecule has 0 saturated heterocycles. The van der Waals surface area contributed by atoms with E-state index in [9.17, 15) is 0 Å². The normalized spacial score (nSPS) is 22.8. The molecule has 140 valence electrons. The highest BCUT2D eigenvalue weighted by molar-refractivity contribution is 14.0. The van der Waals surface area contributed by atoms with E-state index in [0.29, 0.717) is 11.1 Å². The third-order valence-corrected chi connectivity index (χ3v) is 5.76. The fourth-order valence-electron chi connectivity index (χ4n) is 4.00. The molecule has 5 heteroatoms. The van der Waals surface area contributed by atoms with Crippen molar-refractivity contribution in [1.82, 2.24) is 5.01 Å². The lowest BCUT2D eigenvalue weighted by Crippen LogP contribution is -2.30. The fourth-order valence-corrected chi connectivity index (χ4v) is 4.34. The molecule has 1 heterocycles. The van der Waals surface area contributed by atoms with Crippen LogP contribution in [0.25, 0.3) is 6.08 Å². The van der Waals surface area contributed by atoms with Gasteiger partial charge >= 0.3 is 0 Å². The van der Waals surface area contributed by atoms with Crippen LogP contribution < -0.4 is 0 Å². The Labute approximate surface area is 182 Å². The number of halogens is 1. The third kappa shape index (κ3) is 4.14. The van der Waals surface area contributed by atoms with Crippen molar-refractivity contribution in [2.75, 3.05) is 6.26 Å². The predicted octanol–water partition coefficient (Wildman–Crippen LogP) is 6.20. The van der Waals surface area contributed by atoms with Crippen LogP contribution in [0.2, 0.25) is 0 Å². The summed E-state index contributed by atoms with van der Waals surface area (Å²) in [6.07, 6.45) is 7.59. The molecule has 27 heavy (non-hydrogen) atoms. The number of benzene rings is 2. The average molecular weight is 489 g/mol. The van der Waals surface area contributed by atoms with Gasteiger partial charge in [-0.25, -0.2) is 5.01 Å². The minimum Gasteiger partial charge on any atom is -0.277 e. The van der Waals surface area contributed by atoms with Crippen LogP contribution >= 0.6 is 35.7 Å². The van der Waals surface area contributed by atoms with Gasteiger partial charge in [-0.15, -0.1) is 24.0 Å². The van der Waals surface area contributed by atoms with Crippen LogP contribution in [0.15, 0.2) is 71.3 Å². The van der Waals surface area contributed by atoms with Gasteiger partial charge in [-0.2, -0.15) is 5.10 Å². The highest BCUT2D eigenvalue weighted by atomic mass is 127. The van der Waals surface area contributed by atoms with Crippen LogP contribution in [0.4, 0.5) is 0 Å². The molecule has 0 aromatic heterocycles. The van der Waals surface area contributed by atoms with E-state index >= 15 is 0 Å². The SMILES string of the molecule is CSC(=N)N1N=C2/C(=C/c3ccccc3)CCC[C@H]2[C@H]1c1ccccc1.I. The fraction of sp³-hybridized carbons (Fsp3) is 0.273. The Morgan fingerprint density at radius 2 is 1.78 bits per heavy atom. The maximum atomic E-state index is 8.41. The van der Waals surface area contributed by atoms with E-state index < -0.39 is 0 Å². The molecule has 2 atom stereocenters. The Morgan fingerprint density at radius 3 is 2.44 bits per heavy atom. The van der Waals surface area contributed by atoms with Gasteiger partial charge in [-0.1, -0.05) is 72.4 Å². The summed E-state index contributed by atoms with van der Waals surface area (Å²) in [7, 11) is 0. The van der Waals surface area contributed by atoms with Crippen LogP contribution in [0.5, 0.6) is 0 Å². The zero-order chi connectivity index (χ0) is 17.9. The molecule has 0 unspecified atom stereocenters. The first-order chi connectivity index (χ1) is 12.8. The molecular weight excluding hydrogens is 465 g/mol. The third-order valence-electron chi connectivity index (χ3n) is 5.18. The Morgan fingerprint density at radius 1 is 1.11 bits per heavy atom. The second kappa shape index (κ2) is 9.06. The summed E-state index contributed by atoms with van der Waals surface area (Å²) in [6.45, 7) is 0. The lowest BCUT2D eigenvalue weighted by atomic mass is 9.77. The molecule has 1 aliphatic heterocycles. The average Bonchev–Trinajstić information content (AvgIpc) is 3.09. The summed E-state index contributed by atoms with van der Waals surface area (Å²) >= 11 is 1.45. The van der Waals surface area contributed by atoms with E-state index in [0.717, 1.165) is 12.8 Å². The summed E-state index contributed by atoms with van der Waals surface area (Å²) < 4.78 is 0. The summed E-state index contributed by atoms with van der Waals surface area (Å²) in [5.74, 6) is 0.355. The minimum atomic E-state index is 0. The molecule has 1 saturated carbocycles. The van der Waals surface area contributed by atoms with Crippen LogP contribution in [-0.2, 0) is 0 Å². The molecule has 0 amide bonds. The zero-order valence-electron chi connectivity index (χ0n) is 15.3. The Balaban J connectivity index is 0.00000210. The molecule has 2 aliphatic rings. The van der Waals surface area contributed by atoms with Crippen molar-refractivity contribution < 1.29 is 0 Å². The smallest absolute Gasteiger partial charge is 0.177 e. The summed E-state index contributed by atoms with van der Waals surface area (Å²) in [5.41, 5.74) is 4.97. The Bertz CT molecular complexity index is 848. The number of fused-ring (bicyclic) bond motifs is 1. The quantitative estimate of drug-likeness (QED) is 0.310. The summed E-state index contributed by atoms with van der Waals surface area (Å²) in [4.78, 5) is 0. The van der Waals surface area contributed by atoms with Crippen molar-refractivity contribution in [3.05, 3.63) is 77.4 Å². The largest absolute Gasteiger partial charge is 0.277 e. The zero-order valence-corrected chi connectivity index (χ0v) is 18.5. The monoisotopic (exact) mass is 489 g/mol. The highest BCUT2D eigenvalue weighted by Gasteiger charge is 2.42. The van der Waals surface area contributed by atoms with E-state index in [-0.39, 0.29) is 30.0 Å². The van der Waals surface area contributed by atoms with Crippen molar-refractivity contribution in [3.63, 3.8) is 0 Å². The topological polar surface area (TPSA) is 39.5 Å². The van der Waals surface area contributed by atoms with Gasteiger partial charge in [0.1, 0.15) is 0 Å². The number of hydrogen-bond acceptors (Lipinski definition) is 3. The molecule has 2 aromatic carbocycles. The second-order valence-corrected chi connectivity index (χ2v) is 7.57. The maximum Gasteiger partial charge on any atom is 0.177 e. The molecule has 1 fully saturated rings. The van der Waals surface area contributed by atoms with E-state index in [1.165, 1.54) is 40.6 Å². The van der Waals surface area contributed by atoms with Gasteiger partial charge in [0.15, 0.2) is 5.17 Å². The van der Waals surface area contributed by atoms with Gasteiger partial charge in [0.05, 0.1) is 11.8 Å². The number of nitrogens with one attached hydrogen (secondary N) is 1. The van der Waals surface area contributed by atoms with Crippen LogP contribution in [0.1, 0.15) is 36.4 Å². The van der Waals surface area contributed by atoms with Crippen molar-refractivity contribution in [2.45, 2.75) is 25.3 Å². The van der Waals surface area contributed by atoms with Gasteiger partial charge in [-0.05, 0) is 48.3 Å². The Hall–Kier alpha value is -1.60. The number of amidine groups is 1. The lowest BCUT2D eigenvalue weighted by molar-refractivity contribution is 0.307. The van der Waals surface area contributed by atoms with Crippen molar-refractivity contribution >= 4 is 52.7 Å². The van der Waals surface area contributed by atoms with Gasteiger partial charge in [0.25, 0.3) is 0 Å². The molecular formula is C22H24IN3S. The molecule has 2 aromatic rings. The first-order valence-electron chi connectivity index (χ1n) is 9.09. The molecule has 3 nitrogen and oxygen atoms in total. The number of thioether (sulfide) groups is 1. The van der Waals surface area contributed by atoms with E-state index in [1.807, 2.05) is 23.4 Å². The lowest BCUT2D eigenvalue weighted by Gasteiger charge is -2.30. The molecule has 1 N–H and O–H groups in total. The number of hydrazone groups is 1. The van der Waals surface area contributed by atoms with Crippen molar-refractivity contribution in [2.24, 2.45) is 11.0 Å². The first-order valence-corrected chi connectivity index (χ1v) is 10.3. The summed E-state index contributed by atoms with van der Waals surface area (Å²) in [5, 5.41) is 15.8. The van der Waals surface area contributed by atoms with E-state index in [4.69, 9.17) is 10.5 Å².